The highest BCUT2D eigenvalue weighted by Crippen LogP contribution is 2.34. The summed E-state index contributed by atoms with van der Waals surface area (Å²) in [5, 5.41) is 3.63. The van der Waals surface area contributed by atoms with Crippen molar-refractivity contribution < 1.29 is 0 Å². The Morgan fingerprint density at radius 2 is 2.25 bits per heavy atom. The lowest BCUT2D eigenvalue weighted by atomic mass is 9.77. The first-order chi connectivity index (χ1) is 7.85. The van der Waals surface area contributed by atoms with E-state index in [0.717, 1.165) is 24.8 Å². The number of hydrogen-bond acceptors (Lipinski definition) is 1. The van der Waals surface area contributed by atoms with Crippen molar-refractivity contribution in [1.29, 1.82) is 0 Å². The van der Waals surface area contributed by atoms with Gasteiger partial charge in [0.05, 0.1) is 0 Å². The summed E-state index contributed by atoms with van der Waals surface area (Å²) < 4.78 is 0. The van der Waals surface area contributed by atoms with Crippen LogP contribution in [-0.4, -0.2) is 18.5 Å². The van der Waals surface area contributed by atoms with Gasteiger partial charge in [0.25, 0.3) is 0 Å². The minimum atomic E-state index is 0.588. The van der Waals surface area contributed by atoms with E-state index in [1.165, 1.54) is 24.0 Å². The molecule has 2 rings (SSSR count). The average Bonchev–Trinajstić information content (AvgIpc) is 2.29. The zero-order valence-electron chi connectivity index (χ0n) is 9.88. The van der Waals surface area contributed by atoms with Gasteiger partial charge < -0.3 is 5.32 Å². The normalized spacial score (nSPS) is 20.0. The number of hydrogen-bond donors (Lipinski definition) is 1. The van der Waals surface area contributed by atoms with Crippen molar-refractivity contribution in [3.63, 3.8) is 0 Å². The van der Waals surface area contributed by atoms with E-state index in [1.807, 2.05) is 0 Å². The Balaban J connectivity index is 1.81. The van der Waals surface area contributed by atoms with Crippen LogP contribution in [0.4, 0.5) is 0 Å². The van der Waals surface area contributed by atoms with Crippen LogP contribution in [0.25, 0.3) is 0 Å². The van der Waals surface area contributed by atoms with E-state index in [2.05, 4.69) is 36.5 Å². The fraction of sp³-hybridized carbons (Fsp3) is 0.571. The largest absolute Gasteiger partial charge is 0.313 e. The molecule has 0 spiro atoms. The van der Waals surface area contributed by atoms with Crippen LogP contribution in [0.3, 0.4) is 0 Å². The van der Waals surface area contributed by atoms with Crippen LogP contribution >= 0.6 is 11.6 Å². The van der Waals surface area contributed by atoms with Crippen molar-refractivity contribution >= 4 is 11.6 Å². The minimum Gasteiger partial charge on any atom is -0.313 e. The highest BCUT2D eigenvalue weighted by molar-refractivity contribution is 6.17. The molecule has 1 N–H and O–H groups in total. The van der Waals surface area contributed by atoms with Crippen LogP contribution in [0.15, 0.2) is 24.3 Å². The van der Waals surface area contributed by atoms with Crippen LogP contribution < -0.4 is 5.32 Å². The van der Waals surface area contributed by atoms with Crippen LogP contribution in [0, 0.1) is 0 Å². The maximum Gasteiger partial charge on any atom is 0.0238 e. The summed E-state index contributed by atoms with van der Waals surface area (Å²) in [4.78, 5) is 0. The van der Waals surface area contributed by atoms with Crippen molar-refractivity contribution in [2.45, 2.75) is 38.1 Å². The molecule has 0 aliphatic heterocycles. The predicted molar refractivity (Wildman–Crippen MR) is 70.3 cm³/mol. The molecule has 16 heavy (non-hydrogen) atoms. The van der Waals surface area contributed by atoms with Crippen LogP contribution in [0.5, 0.6) is 0 Å². The van der Waals surface area contributed by atoms with Crippen molar-refractivity contribution in [2.24, 2.45) is 0 Å². The van der Waals surface area contributed by atoms with Gasteiger partial charge in [0.15, 0.2) is 0 Å². The molecule has 0 amide bonds. The number of halogens is 1. The van der Waals surface area contributed by atoms with Crippen LogP contribution in [0.1, 0.15) is 36.8 Å². The van der Waals surface area contributed by atoms with Gasteiger partial charge in [-0.05, 0) is 30.4 Å². The molecule has 2 atom stereocenters. The zero-order valence-corrected chi connectivity index (χ0v) is 10.6. The first kappa shape index (κ1) is 11.9. The van der Waals surface area contributed by atoms with E-state index in [4.69, 9.17) is 11.6 Å². The lowest BCUT2D eigenvalue weighted by Gasteiger charge is -2.31. The monoisotopic (exact) mass is 237 g/mol. The maximum absolute atomic E-state index is 5.78. The number of nitrogens with one attached hydrogen (secondary N) is 1. The molecule has 0 aromatic heterocycles. The molecule has 0 fully saturated rings. The fourth-order valence-electron chi connectivity index (χ4n) is 2.44. The second-order valence-corrected chi connectivity index (χ2v) is 4.97. The van der Waals surface area contributed by atoms with E-state index < -0.39 is 0 Å². The molecular formula is C14H20ClN. The number of alkyl halides is 1. The lowest BCUT2D eigenvalue weighted by Crippen LogP contribution is -2.36. The summed E-state index contributed by atoms with van der Waals surface area (Å²) in [5.74, 6) is 1.48. The van der Waals surface area contributed by atoms with Gasteiger partial charge in [0.1, 0.15) is 0 Å². The van der Waals surface area contributed by atoms with E-state index in [-0.39, 0.29) is 0 Å². The lowest BCUT2D eigenvalue weighted by molar-refractivity contribution is 0.442. The van der Waals surface area contributed by atoms with Gasteiger partial charge in [-0.25, -0.2) is 0 Å². The summed E-state index contributed by atoms with van der Waals surface area (Å²) >= 11 is 5.78. The van der Waals surface area contributed by atoms with Gasteiger partial charge in [-0.2, -0.15) is 0 Å². The Hall–Kier alpha value is -0.530. The van der Waals surface area contributed by atoms with Crippen molar-refractivity contribution in [1.82, 2.24) is 5.32 Å². The number of benzene rings is 1. The Bertz CT molecular complexity index is 337. The average molecular weight is 238 g/mol. The van der Waals surface area contributed by atoms with Gasteiger partial charge in [0, 0.05) is 24.4 Å². The SMILES string of the molecule is CCC(CCCl)NCC1Cc2ccccc21. The third-order valence-electron chi connectivity index (χ3n) is 3.56. The molecule has 0 bridgehead atoms. The van der Waals surface area contributed by atoms with Gasteiger partial charge in [-0.15, -0.1) is 11.6 Å². The van der Waals surface area contributed by atoms with Crippen molar-refractivity contribution in [3.8, 4) is 0 Å². The molecule has 0 heterocycles. The fourth-order valence-corrected chi connectivity index (χ4v) is 2.70. The molecule has 0 saturated carbocycles. The number of fused-ring (bicyclic) bond motifs is 1. The summed E-state index contributed by atoms with van der Waals surface area (Å²) in [6.45, 7) is 3.32. The zero-order chi connectivity index (χ0) is 11.4. The van der Waals surface area contributed by atoms with E-state index in [0.29, 0.717) is 6.04 Å². The summed E-state index contributed by atoms with van der Waals surface area (Å²) in [6, 6.07) is 9.35. The second kappa shape index (κ2) is 5.70. The van der Waals surface area contributed by atoms with E-state index >= 15 is 0 Å². The highest BCUT2D eigenvalue weighted by atomic mass is 35.5. The smallest absolute Gasteiger partial charge is 0.0238 e. The molecular weight excluding hydrogens is 218 g/mol. The molecule has 1 aromatic carbocycles. The Morgan fingerprint density at radius 3 is 2.94 bits per heavy atom. The maximum atomic E-state index is 5.78. The molecule has 2 heteroatoms. The first-order valence-electron chi connectivity index (χ1n) is 6.22. The Kier molecular flexibility index (Phi) is 4.25. The molecule has 1 aliphatic carbocycles. The van der Waals surface area contributed by atoms with Crippen LogP contribution in [-0.2, 0) is 6.42 Å². The van der Waals surface area contributed by atoms with Gasteiger partial charge in [-0.1, -0.05) is 31.2 Å². The first-order valence-corrected chi connectivity index (χ1v) is 6.75. The van der Waals surface area contributed by atoms with Gasteiger partial charge >= 0.3 is 0 Å². The third-order valence-corrected chi connectivity index (χ3v) is 3.78. The van der Waals surface area contributed by atoms with Crippen molar-refractivity contribution in [2.75, 3.05) is 12.4 Å². The van der Waals surface area contributed by atoms with Crippen molar-refractivity contribution in [3.05, 3.63) is 35.4 Å². The molecule has 0 radical (unpaired) electrons. The van der Waals surface area contributed by atoms with Crippen LogP contribution in [0.2, 0.25) is 0 Å². The topological polar surface area (TPSA) is 12.0 Å². The second-order valence-electron chi connectivity index (χ2n) is 4.59. The molecule has 2 unspecified atom stereocenters. The Labute approximate surface area is 103 Å². The standard InChI is InChI=1S/C14H20ClN/c1-2-13(7-8-15)16-10-12-9-11-5-3-4-6-14(11)12/h3-6,12-13,16H,2,7-10H2,1H3. The highest BCUT2D eigenvalue weighted by Gasteiger charge is 2.25. The molecule has 88 valence electrons. The Morgan fingerprint density at radius 1 is 1.44 bits per heavy atom. The van der Waals surface area contributed by atoms with E-state index in [1.54, 1.807) is 0 Å². The molecule has 0 saturated heterocycles. The summed E-state index contributed by atoms with van der Waals surface area (Å²) in [7, 11) is 0. The van der Waals surface area contributed by atoms with E-state index in [9.17, 15) is 0 Å². The van der Waals surface area contributed by atoms with Gasteiger partial charge in [-0.3, -0.25) is 0 Å². The predicted octanol–water partition coefficient (Wildman–Crippen LogP) is 3.32. The third kappa shape index (κ3) is 2.58. The molecule has 1 aliphatic rings. The summed E-state index contributed by atoms with van der Waals surface area (Å²) in [6.07, 6.45) is 3.48. The molecule has 1 aromatic rings. The molecule has 1 nitrogen and oxygen atoms in total. The number of rotatable bonds is 6. The minimum absolute atomic E-state index is 0.588. The summed E-state index contributed by atoms with van der Waals surface area (Å²) in [5.41, 5.74) is 3.07. The van der Waals surface area contributed by atoms with Gasteiger partial charge in [0.2, 0.25) is 0 Å². The quantitative estimate of drug-likeness (QED) is 0.749.